The van der Waals surface area contributed by atoms with E-state index in [-0.39, 0.29) is 42.8 Å². The van der Waals surface area contributed by atoms with Gasteiger partial charge in [0.2, 0.25) is 0 Å². The van der Waals surface area contributed by atoms with Gasteiger partial charge in [0, 0.05) is 6.42 Å². The van der Waals surface area contributed by atoms with Crippen molar-refractivity contribution >= 4 is 16.2 Å². The first-order valence-electron chi connectivity index (χ1n) is 29.6. The van der Waals surface area contributed by atoms with Gasteiger partial charge >= 0.3 is 10.4 Å². The third kappa shape index (κ3) is 13.4. The van der Waals surface area contributed by atoms with Crippen molar-refractivity contribution in [1.82, 2.24) is 0 Å². The van der Waals surface area contributed by atoms with Crippen LogP contribution in [0.3, 0.4) is 0 Å². The Kier molecular flexibility index (Phi) is 20.6. The van der Waals surface area contributed by atoms with Gasteiger partial charge in [0.25, 0.3) is 0 Å². The highest BCUT2D eigenvalue weighted by Gasteiger charge is 2.64. The van der Waals surface area contributed by atoms with Gasteiger partial charge in [-0.25, -0.2) is 4.18 Å². The SMILES string of the molecule is CC(C)=CC(=O)C[C@@](C)(O)[C@H]1CC[C@H]2[C@@H]3C[C@H](OC4O[C@H](C)[C@@H](O)[C@H](OC5OC[C@@H](OC6O[C@H](CO)[C@H](O)[C@H](O)[C@H]6OC6O[C@H](C)[C@H](O)[C@H](O)[C@H]6O)[C@H](O)[C@H]5OC5O[C@H](C)[C@@H](O)[C@H](O)[C@H]5O)[C@H]4O)[C@H]4C[C@@H](OS(=O)(=O)O)CC[C@]4(C)C3=CC[C@@]21C. The minimum Gasteiger partial charge on any atom is -0.394 e. The predicted octanol–water partition coefficient (Wildman–Crippen LogP) is -2.76. The van der Waals surface area contributed by atoms with Crippen molar-refractivity contribution in [3.63, 3.8) is 0 Å². The van der Waals surface area contributed by atoms with Gasteiger partial charge in [-0.15, -0.1) is 0 Å². The first kappa shape index (κ1) is 67.5. The van der Waals surface area contributed by atoms with E-state index in [1.165, 1.54) is 26.8 Å². The highest BCUT2D eigenvalue weighted by atomic mass is 32.3. The van der Waals surface area contributed by atoms with Crippen molar-refractivity contribution in [3.8, 4) is 0 Å². The fourth-order valence-corrected chi connectivity index (χ4v) is 16.1. The molecular formula is C56H90O28S. The third-order valence-corrected chi connectivity index (χ3v) is 20.6. The van der Waals surface area contributed by atoms with Crippen LogP contribution < -0.4 is 0 Å². The zero-order chi connectivity index (χ0) is 62.3. The lowest BCUT2D eigenvalue weighted by Gasteiger charge is -2.60. The second kappa shape index (κ2) is 26.0. The van der Waals surface area contributed by atoms with E-state index in [0.717, 1.165) is 11.1 Å². The second-order valence-electron chi connectivity index (χ2n) is 26.2. The van der Waals surface area contributed by atoms with Crippen LogP contribution in [0.15, 0.2) is 23.3 Å². The second-order valence-corrected chi connectivity index (χ2v) is 27.3. The summed E-state index contributed by atoms with van der Waals surface area (Å²) in [5.41, 5.74) is -0.524. The Morgan fingerprint density at radius 3 is 1.78 bits per heavy atom. The van der Waals surface area contributed by atoms with Crippen molar-refractivity contribution in [2.24, 2.45) is 34.5 Å². The lowest BCUT2D eigenvalue weighted by molar-refractivity contribution is -0.398. The topological polar surface area (TPSA) is 436 Å². The van der Waals surface area contributed by atoms with Crippen LogP contribution in [0.5, 0.6) is 0 Å². The molecule has 0 aromatic heterocycles. The predicted molar refractivity (Wildman–Crippen MR) is 286 cm³/mol. The van der Waals surface area contributed by atoms with Crippen molar-refractivity contribution in [2.75, 3.05) is 13.2 Å². The van der Waals surface area contributed by atoms with Crippen LogP contribution in [-0.2, 0) is 66.7 Å². The fourth-order valence-electron chi connectivity index (χ4n) is 15.6. The zero-order valence-electron chi connectivity index (χ0n) is 48.9. The molecule has 85 heavy (non-hydrogen) atoms. The largest absolute Gasteiger partial charge is 0.397 e. The van der Waals surface area contributed by atoms with Gasteiger partial charge in [-0.3, -0.25) is 9.35 Å². The Morgan fingerprint density at radius 2 is 1.20 bits per heavy atom. The van der Waals surface area contributed by atoms with Crippen molar-refractivity contribution in [2.45, 2.75) is 272 Å². The summed E-state index contributed by atoms with van der Waals surface area (Å²) in [7, 11) is -4.89. The summed E-state index contributed by atoms with van der Waals surface area (Å²) >= 11 is 0. The minimum absolute atomic E-state index is 0.0200. The van der Waals surface area contributed by atoms with Crippen molar-refractivity contribution in [3.05, 3.63) is 23.3 Å². The molecule has 9 aliphatic rings. The lowest BCUT2D eigenvalue weighted by Crippen LogP contribution is -2.67. The average molecular weight is 1240 g/mol. The van der Waals surface area contributed by atoms with Crippen molar-refractivity contribution < 1.29 is 136 Å². The average Bonchev–Trinajstić information content (AvgIpc) is 1.71. The summed E-state index contributed by atoms with van der Waals surface area (Å²) in [6.45, 7) is 12.2. The van der Waals surface area contributed by atoms with E-state index in [1.807, 2.05) is 13.8 Å². The lowest BCUT2D eigenvalue weighted by atomic mass is 9.47. The minimum atomic E-state index is -4.89. The molecule has 488 valence electrons. The van der Waals surface area contributed by atoms with E-state index in [2.05, 4.69) is 19.9 Å². The van der Waals surface area contributed by atoms with Crippen LogP contribution in [0.4, 0.5) is 0 Å². The van der Waals surface area contributed by atoms with E-state index < -0.39 is 206 Å². The summed E-state index contributed by atoms with van der Waals surface area (Å²) in [6, 6.07) is 0. The molecule has 5 aliphatic heterocycles. The van der Waals surface area contributed by atoms with Gasteiger partial charge in [-0.1, -0.05) is 31.1 Å². The number of fused-ring (bicyclic) bond motifs is 5. The number of rotatable bonds is 17. The van der Waals surface area contributed by atoms with E-state index in [0.29, 0.717) is 32.1 Å². The Bertz CT molecular complexity index is 2480. The summed E-state index contributed by atoms with van der Waals surface area (Å²) in [5.74, 6) is -1.15. The molecule has 4 aliphatic carbocycles. The number of ketones is 1. The highest BCUT2D eigenvalue weighted by molar-refractivity contribution is 7.80. The quantitative estimate of drug-likeness (QED) is 0.0399. The molecule has 5 saturated heterocycles. The number of carbonyl (C=O) groups is 1. The molecule has 29 heteroatoms. The Labute approximate surface area is 493 Å². The Balaban J connectivity index is 0.985. The standard InChI is InChI=1S/C56H90O28S/c1-21(2)15-25(58)18-56(8,70)34-10-9-28-27-17-31(30-16-26(84-85(71,72)73)11-13-54(30,6)29(27)12-14-55(28,34)7)78-51-45(69)46(37(61)24(5)77-51)81-52-47(82-49-43(67)40(64)35(59)22(3)75-49)39(63)33(20-74-52)80-53-48(42(66)38(62)32(19-57)79-53)83-50-44(68)41(65)36(60)23(4)76-50/h12,15,22-24,26-28,30-53,57,59-70H,9-11,13-14,16-20H2,1-8H3,(H,71,72,73)/t22-,23-,24-,26+,27+,28+,30-,31+,32-,33-,34+,35-,36+,37-,38+,39+,40+,41+,42+,43-,44-,45-,46+,47-,48-,49?,50?,51?,52?,53?,54-,55+,56-/m1/s1. The van der Waals surface area contributed by atoms with Crippen LogP contribution in [0, 0.1) is 34.5 Å². The molecule has 5 unspecified atom stereocenters. The van der Waals surface area contributed by atoms with Gasteiger partial charge in [0.05, 0.1) is 49.3 Å². The molecule has 0 radical (unpaired) electrons. The van der Waals surface area contributed by atoms with E-state index in [9.17, 15) is 84.1 Å². The maximum atomic E-state index is 13.1. The van der Waals surface area contributed by atoms with E-state index >= 15 is 0 Å². The summed E-state index contributed by atoms with van der Waals surface area (Å²) in [5, 5.41) is 145. The molecule has 28 nitrogen and oxygen atoms in total. The molecule has 8 fully saturated rings. The molecule has 9 rings (SSSR count). The van der Waals surface area contributed by atoms with Gasteiger partial charge in [0.1, 0.15) is 97.7 Å². The molecular weight excluding hydrogens is 1150 g/mol. The van der Waals surface area contributed by atoms with Gasteiger partial charge < -0.3 is 114 Å². The maximum Gasteiger partial charge on any atom is 0.397 e. The monoisotopic (exact) mass is 1240 g/mol. The van der Waals surface area contributed by atoms with E-state index in [1.54, 1.807) is 6.92 Å². The zero-order valence-corrected chi connectivity index (χ0v) is 49.7. The molecule has 14 N–H and O–H groups in total. The number of allylic oxidation sites excluding steroid dienone is 4. The van der Waals surface area contributed by atoms with Crippen LogP contribution in [0.1, 0.15) is 107 Å². The number of hydrogen-bond acceptors (Lipinski definition) is 27. The molecule has 0 aromatic carbocycles. The Hall–Kier alpha value is -1.90. The van der Waals surface area contributed by atoms with Gasteiger partial charge in [0.15, 0.2) is 37.2 Å². The number of aliphatic hydroxyl groups is 13. The van der Waals surface area contributed by atoms with Gasteiger partial charge in [-0.05, 0) is 127 Å². The number of ether oxygens (including phenoxy) is 10. The highest BCUT2D eigenvalue weighted by Crippen LogP contribution is 2.67. The number of aliphatic hydroxyl groups excluding tert-OH is 12. The summed E-state index contributed by atoms with van der Waals surface area (Å²) in [6.07, 6.45) is -36.1. The number of carbonyl (C=O) groups excluding carboxylic acids is 1. The van der Waals surface area contributed by atoms with Gasteiger partial charge in [-0.2, -0.15) is 8.42 Å². The molecule has 0 amide bonds. The normalized spacial score (nSPS) is 51.1. The van der Waals surface area contributed by atoms with Crippen LogP contribution in [0.25, 0.3) is 0 Å². The third-order valence-electron chi connectivity index (χ3n) is 20.1. The molecule has 0 aromatic rings. The Morgan fingerprint density at radius 1 is 0.647 bits per heavy atom. The molecule has 33 atom stereocenters. The van der Waals surface area contributed by atoms with Crippen molar-refractivity contribution in [1.29, 1.82) is 0 Å². The van der Waals surface area contributed by atoms with E-state index in [4.69, 9.17) is 51.6 Å². The molecule has 3 saturated carbocycles. The fraction of sp³-hybridized carbons (Fsp3) is 0.911. The van der Waals surface area contributed by atoms with Crippen LogP contribution in [0.2, 0.25) is 0 Å². The summed E-state index contributed by atoms with van der Waals surface area (Å²) < 4.78 is 100. The molecule has 5 heterocycles. The smallest absolute Gasteiger partial charge is 0.394 e. The summed E-state index contributed by atoms with van der Waals surface area (Å²) in [4.78, 5) is 13.1. The van der Waals surface area contributed by atoms with Crippen LogP contribution >= 0.6 is 0 Å². The first-order chi connectivity index (χ1) is 39.7. The first-order valence-corrected chi connectivity index (χ1v) is 30.9. The van der Waals surface area contributed by atoms with Crippen LogP contribution in [-0.4, -0.2) is 264 Å². The molecule has 0 spiro atoms. The molecule has 0 bridgehead atoms. The maximum absolute atomic E-state index is 13.1. The number of hydrogen-bond donors (Lipinski definition) is 14.